The van der Waals surface area contributed by atoms with E-state index in [1.165, 1.54) is 0 Å². The van der Waals surface area contributed by atoms with Gasteiger partial charge < -0.3 is 4.74 Å². The fraction of sp³-hybridized carbons (Fsp3) is 1.00. The predicted octanol–water partition coefficient (Wildman–Crippen LogP) is 0.997. The van der Waals surface area contributed by atoms with Gasteiger partial charge in [-0.3, -0.25) is 5.84 Å². The summed E-state index contributed by atoms with van der Waals surface area (Å²) in [5.41, 5.74) is 0. The maximum absolute atomic E-state index is 5.54. The zero-order valence-corrected chi connectivity index (χ0v) is 7.84. The Morgan fingerprint density at radius 1 is 1.27 bits per heavy atom. The summed E-state index contributed by atoms with van der Waals surface area (Å²) in [5, 5.41) is 1.78. The Kier molecular flexibility index (Phi) is 6.51. The van der Waals surface area contributed by atoms with E-state index in [1.54, 1.807) is 5.01 Å². The van der Waals surface area contributed by atoms with Crippen LogP contribution in [0.15, 0.2) is 0 Å². The zero-order chi connectivity index (χ0) is 8.69. The van der Waals surface area contributed by atoms with Gasteiger partial charge in [-0.25, -0.2) is 5.01 Å². The number of rotatable bonds is 1. The molecule has 0 aliphatic carbocycles. The van der Waals surface area contributed by atoms with Crippen molar-refractivity contribution in [2.24, 2.45) is 5.84 Å². The number of hydrogen-bond acceptors (Lipinski definition) is 3. The maximum atomic E-state index is 5.54. The van der Waals surface area contributed by atoms with E-state index in [1.807, 2.05) is 20.9 Å². The van der Waals surface area contributed by atoms with Gasteiger partial charge in [0.1, 0.15) is 0 Å². The molecule has 0 amide bonds. The fourth-order valence-electron chi connectivity index (χ4n) is 1.09. The molecule has 0 unspecified atom stereocenters. The third kappa shape index (κ3) is 4.35. The van der Waals surface area contributed by atoms with Crippen LogP contribution in [0.3, 0.4) is 0 Å². The molecule has 3 nitrogen and oxygen atoms in total. The van der Waals surface area contributed by atoms with Gasteiger partial charge in [-0.2, -0.15) is 0 Å². The van der Waals surface area contributed by atoms with Gasteiger partial charge in [-0.15, -0.1) is 0 Å². The third-order valence-corrected chi connectivity index (χ3v) is 1.77. The first kappa shape index (κ1) is 10.9. The van der Waals surface area contributed by atoms with Crippen LogP contribution in [0, 0.1) is 0 Å². The van der Waals surface area contributed by atoms with Gasteiger partial charge in [-0.1, -0.05) is 13.8 Å². The molecule has 0 aromatic heterocycles. The Hall–Kier alpha value is -0.120. The first-order valence-corrected chi connectivity index (χ1v) is 4.36. The molecule has 1 rings (SSSR count). The highest BCUT2D eigenvalue weighted by atomic mass is 16.5. The van der Waals surface area contributed by atoms with Gasteiger partial charge in [-0.05, 0) is 12.8 Å². The van der Waals surface area contributed by atoms with E-state index in [0.29, 0.717) is 6.04 Å². The minimum atomic E-state index is 0.541. The lowest BCUT2D eigenvalue weighted by Gasteiger charge is -2.27. The molecule has 1 saturated heterocycles. The van der Waals surface area contributed by atoms with Crippen molar-refractivity contribution in [3.8, 4) is 0 Å². The summed E-state index contributed by atoms with van der Waals surface area (Å²) in [6.45, 7) is 5.73. The summed E-state index contributed by atoms with van der Waals surface area (Å²) in [6.07, 6.45) is 2.15. The van der Waals surface area contributed by atoms with Gasteiger partial charge >= 0.3 is 0 Å². The van der Waals surface area contributed by atoms with Crippen LogP contribution in [-0.2, 0) is 4.74 Å². The van der Waals surface area contributed by atoms with Crippen molar-refractivity contribution < 1.29 is 4.74 Å². The second-order valence-electron chi connectivity index (χ2n) is 2.51. The Labute approximate surface area is 69.5 Å². The summed E-state index contributed by atoms with van der Waals surface area (Å²) in [5.74, 6) is 5.54. The van der Waals surface area contributed by atoms with Crippen molar-refractivity contribution in [1.82, 2.24) is 5.01 Å². The minimum Gasteiger partial charge on any atom is -0.381 e. The third-order valence-electron chi connectivity index (χ3n) is 1.77. The van der Waals surface area contributed by atoms with E-state index in [9.17, 15) is 0 Å². The molecule has 11 heavy (non-hydrogen) atoms. The van der Waals surface area contributed by atoms with Crippen molar-refractivity contribution in [2.75, 3.05) is 20.3 Å². The Morgan fingerprint density at radius 3 is 2.00 bits per heavy atom. The number of nitrogens with two attached hydrogens (primary N) is 1. The predicted molar refractivity (Wildman–Crippen MR) is 47.1 cm³/mol. The van der Waals surface area contributed by atoms with E-state index < -0.39 is 0 Å². The van der Waals surface area contributed by atoms with Crippen LogP contribution in [0.4, 0.5) is 0 Å². The van der Waals surface area contributed by atoms with E-state index in [2.05, 4.69) is 0 Å². The van der Waals surface area contributed by atoms with Crippen LogP contribution >= 0.6 is 0 Å². The highest BCUT2D eigenvalue weighted by Gasteiger charge is 2.14. The van der Waals surface area contributed by atoms with Crippen molar-refractivity contribution in [1.29, 1.82) is 0 Å². The standard InChI is InChI=1S/C6H14N2O.C2H6/c1-8(7)6-2-4-9-5-3-6;1-2/h6H,2-5,7H2,1H3;1-2H3. The minimum absolute atomic E-state index is 0.541. The van der Waals surface area contributed by atoms with Crippen LogP contribution < -0.4 is 5.84 Å². The van der Waals surface area contributed by atoms with Crippen LogP contribution in [-0.4, -0.2) is 31.3 Å². The molecule has 1 fully saturated rings. The zero-order valence-electron chi connectivity index (χ0n) is 7.84. The largest absolute Gasteiger partial charge is 0.381 e. The molecule has 0 radical (unpaired) electrons. The molecule has 1 aliphatic rings. The van der Waals surface area contributed by atoms with Crippen LogP contribution in [0.2, 0.25) is 0 Å². The summed E-state index contributed by atoms with van der Waals surface area (Å²) >= 11 is 0. The van der Waals surface area contributed by atoms with E-state index in [0.717, 1.165) is 26.1 Å². The van der Waals surface area contributed by atoms with Crippen molar-refractivity contribution in [3.05, 3.63) is 0 Å². The highest BCUT2D eigenvalue weighted by Crippen LogP contribution is 2.08. The Balaban J connectivity index is 0.000000461. The second-order valence-corrected chi connectivity index (χ2v) is 2.51. The SMILES string of the molecule is CC.CN(N)C1CCOCC1. The summed E-state index contributed by atoms with van der Waals surface area (Å²) < 4.78 is 5.17. The van der Waals surface area contributed by atoms with Gasteiger partial charge in [0, 0.05) is 26.3 Å². The van der Waals surface area contributed by atoms with Crippen LogP contribution in [0.25, 0.3) is 0 Å². The number of nitrogens with zero attached hydrogens (tertiary/aromatic N) is 1. The molecule has 0 atom stereocenters. The molecule has 3 heteroatoms. The molecular formula is C8H20N2O. The van der Waals surface area contributed by atoms with E-state index >= 15 is 0 Å². The fourth-order valence-corrected chi connectivity index (χ4v) is 1.09. The quantitative estimate of drug-likeness (QED) is 0.459. The number of ether oxygens (including phenoxy) is 1. The summed E-state index contributed by atoms with van der Waals surface area (Å²) in [6, 6.07) is 0.541. The van der Waals surface area contributed by atoms with Gasteiger partial charge in [0.15, 0.2) is 0 Å². The van der Waals surface area contributed by atoms with E-state index in [-0.39, 0.29) is 0 Å². The molecular weight excluding hydrogens is 140 g/mol. The number of hydrogen-bond donors (Lipinski definition) is 1. The van der Waals surface area contributed by atoms with E-state index in [4.69, 9.17) is 10.6 Å². The van der Waals surface area contributed by atoms with Crippen molar-refractivity contribution >= 4 is 0 Å². The van der Waals surface area contributed by atoms with Crippen molar-refractivity contribution in [3.63, 3.8) is 0 Å². The second kappa shape index (κ2) is 6.58. The molecule has 0 bridgehead atoms. The first-order chi connectivity index (χ1) is 5.30. The molecule has 1 heterocycles. The topological polar surface area (TPSA) is 38.5 Å². The van der Waals surface area contributed by atoms with Crippen LogP contribution in [0.1, 0.15) is 26.7 Å². The Morgan fingerprint density at radius 2 is 1.73 bits per heavy atom. The number of hydrazine groups is 1. The lowest BCUT2D eigenvalue weighted by Crippen LogP contribution is -2.41. The molecule has 0 saturated carbocycles. The molecule has 2 N–H and O–H groups in total. The normalized spacial score (nSPS) is 19.4. The van der Waals surface area contributed by atoms with Crippen LogP contribution in [0.5, 0.6) is 0 Å². The summed E-state index contributed by atoms with van der Waals surface area (Å²) in [4.78, 5) is 0. The lowest BCUT2D eigenvalue weighted by molar-refractivity contribution is 0.0430. The monoisotopic (exact) mass is 160 g/mol. The lowest BCUT2D eigenvalue weighted by atomic mass is 10.1. The molecule has 0 aromatic carbocycles. The van der Waals surface area contributed by atoms with Gasteiger partial charge in [0.2, 0.25) is 0 Å². The maximum Gasteiger partial charge on any atom is 0.0481 e. The average Bonchev–Trinajstić information content (AvgIpc) is 2.10. The average molecular weight is 160 g/mol. The van der Waals surface area contributed by atoms with Gasteiger partial charge in [0.05, 0.1) is 0 Å². The van der Waals surface area contributed by atoms with Crippen molar-refractivity contribution in [2.45, 2.75) is 32.7 Å². The highest BCUT2D eigenvalue weighted by molar-refractivity contribution is 4.67. The van der Waals surface area contributed by atoms with Gasteiger partial charge in [0.25, 0.3) is 0 Å². The smallest absolute Gasteiger partial charge is 0.0481 e. The molecule has 0 spiro atoms. The molecule has 68 valence electrons. The first-order valence-electron chi connectivity index (χ1n) is 4.36. The summed E-state index contributed by atoms with van der Waals surface area (Å²) in [7, 11) is 1.91. The Bertz CT molecular complexity index is 80.2. The molecule has 0 aromatic rings. The molecule has 1 aliphatic heterocycles.